The van der Waals surface area contributed by atoms with E-state index in [-0.39, 0.29) is 23.8 Å². The summed E-state index contributed by atoms with van der Waals surface area (Å²) < 4.78 is 0. The number of piperidine rings is 1. The summed E-state index contributed by atoms with van der Waals surface area (Å²) in [5, 5.41) is 29.1. The van der Waals surface area contributed by atoms with E-state index in [0.717, 1.165) is 30.6 Å². The average Bonchev–Trinajstić information content (AvgIpc) is 3.63. The van der Waals surface area contributed by atoms with E-state index in [0.29, 0.717) is 46.6 Å². The van der Waals surface area contributed by atoms with Crippen molar-refractivity contribution < 1.29 is 10.2 Å². The number of fused-ring (bicyclic) bond motifs is 7. The van der Waals surface area contributed by atoms with Crippen molar-refractivity contribution >= 4 is 0 Å². The molecule has 7 fully saturated rings. The van der Waals surface area contributed by atoms with Gasteiger partial charge in [0.05, 0.1) is 12.2 Å². The van der Waals surface area contributed by atoms with Crippen LogP contribution in [0.3, 0.4) is 0 Å². The fraction of sp³-hybridized carbons (Fsp3) is 0.850. The topological polar surface area (TPSA) is 64.5 Å². The second kappa shape index (κ2) is 10.3. The molecule has 0 aromatic carbocycles. The Morgan fingerprint density at radius 1 is 1.05 bits per heavy atom. The van der Waals surface area contributed by atoms with Crippen molar-refractivity contribution in [2.45, 2.75) is 154 Å². The van der Waals surface area contributed by atoms with Crippen molar-refractivity contribution in [3.05, 3.63) is 34.9 Å². The Hall–Kier alpha value is -0.940. The van der Waals surface area contributed by atoms with Crippen LogP contribution in [0.2, 0.25) is 0 Å². The van der Waals surface area contributed by atoms with E-state index in [9.17, 15) is 10.2 Å². The Morgan fingerprint density at radius 3 is 2.64 bits per heavy atom. The first kappa shape index (κ1) is 30.4. The summed E-state index contributed by atoms with van der Waals surface area (Å²) >= 11 is 0. The van der Waals surface area contributed by atoms with Gasteiger partial charge in [0.1, 0.15) is 0 Å². The number of hydrogen-bond acceptors (Lipinski definition) is 4. The third-order valence-electron chi connectivity index (χ3n) is 16.5. The fourth-order valence-electron chi connectivity index (χ4n) is 14.5. The minimum atomic E-state index is -0.364. The van der Waals surface area contributed by atoms with Gasteiger partial charge in [0, 0.05) is 24.2 Å². The maximum absolute atomic E-state index is 11.3. The number of nitrogens with one attached hydrogen (secondary N) is 2. The number of aliphatic hydroxyl groups excluding tert-OH is 2. The highest BCUT2D eigenvalue weighted by Crippen LogP contribution is 2.75. The predicted molar refractivity (Wildman–Crippen MR) is 179 cm³/mol. The van der Waals surface area contributed by atoms with Crippen molar-refractivity contribution in [1.29, 1.82) is 0 Å². The molecule has 4 N–H and O–H groups in total. The lowest BCUT2D eigenvalue weighted by atomic mass is 9.38. The van der Waals surface area contributed by atoms with Gasteiger partial charge in [0.25, 0.3) is 0 Å². The Labute approximate surface area is 268 Å². The molecule has 1 spiro atoms. The van der Waals surface area contributed by atoms with Crippen molar-refractivity contribution in [2.75, 3.05) is 6.54 Å². The molecule has 0 radical (unpaired) electrons. The lowest BCUT2D eigenvalue weighted by Crippen LogP contribution is -2.62. The van der Waals surface area contributed by atoms with E-state index in [1.165, 1.54) is 82.6 Å². The van der Waals surface area contributed by atoms with Crippen LogP contribution in [0.4, 0.5) is 0 Å². The van der Waals surface area contributed by atoms with Gasteiger partial charge in [-0.25, -0.2) is 0 Å². The highest BCUT2D eigenvalue weighted by Gasteiger charge is 2.67. The minimum absolute atomic E-state index is 0.134. The van der Waals surface area contributed by atoms with Crippen LogP contribution < -0.4 is 10.6 Å². The van der Waals surface area contributed by atoms with E-state index in [4.69, 9.17) is 0 Å². The smallest absolute Gasteiger partial charge is 0.0696 e. The van der Waals surface area contributed by atoms with Crippen LogP contribution in [0, 0.1) is 51.8 Å². The second-order valence-corrected chi connectivity index (χ2v) is 18.4. The molecule has 0 amide bonds. The number of rotatable bonds is 5. The van der Waals surface area contributed by atoms with E-state index < -0.39 is 0 Å². The molecule has 2 bridgehead atoms. The largest absolute Gasteiger partial charge is 0.392 e. The first-order valence-electron chi connectivity index (χ1n) is 18.8. The van der Waals surface area contributed by atoms with Crippen molar-refractivity contribution in [3.63, 3.8) is 0 Å². The number of allylic oxidation sites excluding steroid dienone is 4. The highest BCUT2D eigenvalue weighted by molar-refractivity contribution is 5.46. The molecule has 1 heterocycles. The quantitative estimate of drug-likeness (QED) is 0.247. The highest BCUT2D eigenvalue weighted by atomic mass is 16.3. The summed E-state index contributed by atoms with van der Waals surface area (Å²) in [5.74, 6) is 4.48. The molecule has 8 rings (SSSR count). The zero-order valence-electron chi connectivity index (χ0n) is 28.6. The van der Waals surface area contributed by atoms with Gasteiger partial charge >= 0.3 is 0 Å². The summed E-state index contributed by atoms with van der Waals surface area (Å²) in [7, 11) is 0. The minimum Gasteiger partial charge on any atom is -0.392 e. The lowest BCUT2D eigenvalue weighted by molar-refractivity contribution is -0.0808. The molecule has 244 valence electrons. The van der Waals surface area contributed by atoms with Crippen LogP contribution in [-0.4, -0.2) is 46.6 Å². The number of aliphatic hydroxyl groups is 2. The lowest BCUT2D eigenvalue weighted by Gasteiger charge is -2.66. The van der Waals surface area contributed by atoms with Crippen LogP contribution in [0.5, 0.6) is 0 Å². The van der Waals surface area contributed by atoms with Crippen molar-refractivity contribution in [1.82, 2.24) is 10.6 Å². The Bertz CT molecular complexity index is 1270. The van der Waals surface area contributed by atoms with Gasteiger partial charge in [-0.15, -0.1) is 0 Å². The predicted octanol–water partition coefficient (Wildman–Crippen LogP) is 7.47. The van der Waals surface area contributed by atoms with Crippen LogP contribution in [0.1, 0.15) is 125 Å². The summed E-state index contributed by atoms with van der Waals surface area (Å²) in [5.41, 5.74) is 7.81. The monoisotopic (exact) mass is 602 g/mol. The molecule has 0 aromatic heterocycles. The third kappa shape index (κ3) is 4.15. The van der Waals surface area contributed by atoms with Crippen molar-refractivity contribution in [3.8, 4) is 0 Å². The SMILES string of the molecule is C=C(C)C12CCC3CCCC3(C1)C1(C)CC(C3CCC4CC5CC6CC(NCC(C)O)C(O)CC6C5C4(C)N3)=CC(C)=C1C2. The third-order valence-corrected chi connectivity index (χ3v) is 16.5. The first-order valence-corrected chi connectivity index (χ1v) is 18.8. The first-order chi connectivity index (χ1) is 20.9. The Balaban J connectivity index is 1.07. The molecule has 6 saturated carbocycles. The molecule has 7 aliphatic carbocycles. The maximum atomic E-state index is 11.3. The summed E-state index contributed by atoms with van der Waals surface area (Å²) in [6.07, 6.45) is 20.3. The molecule has 14 atom stereocenters. The van der Waals surface area contributed by atoms with Crippen LogP contribution in [-0.2, 0) is 0 Å². The second-order valence-electron chi connectivity index (χ2n) is 18.4. The van der Waals surface area contributed by atoms with Crippen LogP contribution in [0.25, 0.3) is 0 Å². The molecule has 1 saturated heterocycles. The molecule has 14 unspecified atom stereocenters. The van der Waals surface area contributed by atoms with Gasteiger partial charge < -0.3 is 20.8 Å². The summed E-state index contributed by atoms with van der Waals surface area (Å²) in [6, 6.07) is 0.624. The zero-order chi connectivity index (χ0) is 30.8. The normalized spacial score (nSPS) is 53.2. The summed E-state index contributed by atoms with van der Waals surface area (Å²) in [4.78, 5) is 0. The molecular weight excluding hydrogens is 540 g/mol. The van der Waals surface area contributed by atoms with Crippen molar-refractivity contribution in [2.24, 2.45) is 51.8 Å². The van der Waals surface area contributed by atoms with Gasteiger partial charge in [-0.05, 0) is 163 Å². The molecule has 4 nitrogen and oxygen atoms in total. The molecule has 1 aliphatic heterocycles. The Morgan fingerprint density at radius 2 is 1.86 bits per heavy atom. The van der Waals surface area contributed by atoms with E-state index >= 15 is 0 Å². The molecule has 4 heteroatoms. The molecule has 8 aliphatic rings. The van der Waals surface area contributed by atoms with Gasteiger partial charge in [-0.2, -0.15) is 0 Å². The molecule has 0 aromatic rings. The van der Waals surface area contributed by atoms with E-state index in [1.54, 1.807) is 16.7 Å². The van der Waals surface area contributed by atoms with E-state index in [2.05, 4.69) is 51.0 Å². The van der Waals surface area contributed by atoms with Gasteiger partial charge in [-0.1, -0.05) is 48.3 Å². The molecular formula is C40H62N2O2. The summed E-state index contributed by atoms with van der Waals surface area (Å²) in [6.45, 7) is 17.2. The Kier molecular flexibility index (Phi) is 7.10. The average molecular weight is 603 g/mol. The maximum Gasteiger partial charge on any atom is 0.0696 e. The van der Waals surface area contributed by atoms with Crippen LogP contribution >= 0.6 is 0 Å². The van der Waals surface area contributed by atoms with E-state index in [1.807, 2.05) is 6.92 Å². The van der Waals surface area contributed by atoms with Crippen LogP contribution in [0.15, 0.2) is 34.9 Å². The van der Waals surface area contributed by atoms with Gasteiger partial charge in [0.15, 0.2) is 0 Å². The molecule has 44 heavy (non-hydrogen) atoms. The van der Waals surface area contributed by atoms with Gasteiger partial charge in [0.2, 0.25) is 0 Å². The zero-order valence-corrected chi connectivity index (χ0v) is 28.6. The van der Waals surface area contributed by atoms with Gasteiger partial charge in [-0.3, -0.25) is 0 Å². The fourth-order valence-corrected chi connectivity index (χ4v) is 14.5. The standard InChI is InChI=1S/C40H62N2O2/c1-23(2)39-13-11-29-8-7-12-40(29,22-39)37(5)19-28(14-24(3)32(37)20-39)33-10-9-30-16-27-15-26-17-34(41-21-25(4)43)35(44)18-31(26)36(27)38(30,6)42-33/h14,25-27,29-31,33-36,41-44H,1,7-13,15-22H2,2-6H3. The number of hydrogen-bond donors (Lipinski definition) is 4.